The predicted octanol–water partition coefficient (Wildman–Crippen LogP) is 4.98. The van der Waals surface area contributed by atoms with Crippen LogP contribution in [0, 0.1) is 6.92 Å². The summed E-state index contributed by atoms with van der Waals surface area (Å²) in [4.78, 5) is 2.74. The second-order valence-corrected chi connectivity index (χ2v) is 4.80. The Morgan fingerprint density at radius 1 is 1.47 bits per heavy atom. The van der Waals surface area contributed by atoms with E-state index in [9.17, 15) is 0 Å². The summed E-state index contributed by atoms with van der Waals surface area (Å²) in [6.07, 6.45) is 7.04. The van der Waals surface area contributed by atoms with E-state index in [4.69, 9.17) is 0 Å². The van der Waals surface area contributed by atoms with Crippen molar-refractivity contribution < 1.29 is 0 Å². The van der Waals surface area contributed by atoms with Gasteiger partial charge in [0.25, 0.3) is 0 Å². The van der Waals surface area contributed by atoms with Gasteiger partial charge in [-0.25, -0.2) is 0 Å². The lowest BCUT2D eigenvalue weighted by Gasteiger charge is -2.03. The van der Waals surface area contributed by atoms with Gasteiger partial charge in [0, 0.05) is 9.75 Å². The monoisotopic (exact) mass is 218 g/mol. The molecule has 0 aliphatic heterocycles. The summed E-state index contributed by atoms with van der Waals surface area (Å²) < 4.78 is 0. The molecule has 0 nitrogen and oxygen atoms in total. The van der Waals surface area contributed by atoms with Crippen LogP contribution in [0.3, 0.4) is 0 Å². The molecule has 0 saturated carbocycles. The molecule has 1 rings (SSSR count). The molecule has 1 heteroatoms. The Morgan fingerprint density at radius 2 is 2.20 bits per heavy atom. The second kappa shape index (κ2) is 5.72. The SMILES string of the molecule is C=C/C=C\C(CC)=C(/C)c1ccc(C)s1. The molecule has 1 aromatic rings. The summed E-state index contributed by atoms with van der Waals surface area (Å²) in [5.41, 5.74) is 2.77. The Morgan fingerprint density at radius 3 is 2.67 bits per heavy atom. The molecule has 0 unspecified atom stereocenters. The zero-order valence-corrected chi connectivity index (χ0v) is 10.5. The van der Waals surface area contributed by atoms with Crippen molar-refractivity contribution in [3.05, 3.63) is 52.3 Å². The van der Waals surface area contributed by atoms with Crippen LogP contribution in [0.15, 0.2) is 42.5 Å². The number of thiophene rings is 1. The van der Waals surface area contributed by atoms with E-state index < -0.39 is 0 Å². The molecule has 0 spiro atoms. The van der Waals surface area contributed by atoms with Gasteiger partial charge in [-0.2, -0.15) is 0 Å². The summed E-state index contributed by atoms with van der Waals surface area (Å²) in [7, 11) is 0. The van der Waals surface area contributed by atoms with E-state index >= 15 is 0 Å². The average Bonchev–Trinajstić information content (AvgIpc) is 2.65. The number of aryl methyl sites for hydroxylation is 1. The molecule has 15 heavy (non-hydrogen) atoms. The Labute approximate surface area is 96.7 Å². The zero-order chi connectivity index (χ0) is 11.3. The van der Waals surface area contributed by atoms with Gasteiger partial charge in [0.1, 0.15) is 0 Å². The normalized spacial score (nSPS) is 13.0. The fourth-order valence-corrected chi connectivity index (χ4v) is 2.39. The molecule has 0 bridgehead atoms. The summed E-state index contributed by atoms with van der Waals surface area (Å²) in [6.45, 7) is 10.2. The van der Waals surface area contributed by atoms with Crippen LogP contribution in [0.4, 0.5) is 0 Å². The predicted molar refractivity (Wildman–Crippen MR) is 71.3 cm³/mol. The lowest BCUT2D eigenvalue weighted by molar-refractivity contribution is 1.15. The maximum absolute atomic E-state index is 3.70. The molecule has 0 aromatic carbocycles. The third-order valence-corrected chi connectivity index (χ3v) is 3.53. The minimum absolute atomic E-state index is 1.06. The van der Waals surface area contributed by atoms with Crippen molar-refractivity contribution in [2.75, 3.05) is 0 Å². The molecule has 0 radical (unpaired) electrons. The third-order valence-electron chi connectivity index (χ3n) is 2.41. The highest BCUT2D eigenvalue weighted by atomic mass is 32.1. The van der Waals surface area contributed by atoms with E-state index in [2.05, 4.69) is 45.6 Å². The van der Waals surface area contributed by atoms with E-state index in [0.717, 1.165) is 6.42 Å². The van der Waals surface area contributed by atoms with Gasteiger partial charge in [-0.15, -0.1) is 11.3 Å². The molecule has 0 N–H and O–H groups in total. The molecule has 0 amide bonds. The van der Waals surface area contributed by atoms with E-state index in [-0.39, 0.29) is 0 Å². The van der Waals surface area contributed by atoms with Gasteiger partial charge in [0.2, 0.25) is 0 Å². The first-order valence-electron chi connectivity index (χ1n) is 5.24. The van der Waals surface area contributed by atoms with Crippen LogP contribution in [0.5, 0.6) is 0 Å². The summed E-state index contributed by atoms with van der Waals surface area (Å²) in [5.74, 6) is 0. The van der Waals surface area contributed by atoms with Gasteiger partial charge in [-0.05, 0) is 43.5 Å². The van der Waals surface area contributed by atoms with Crippen LogP contribution < -0.4 is 0 Å². The molecular weight excluding hydrogens is 200 g/mol. The molecular formula is C14H18S. The molecule has 80 valence electrons. The lowest BCUT2D eigenvalue weighted by atomic mass is 10.1. The fraction of sp³-hybridized carbons (Fsp3) is 0.286. The highest BCUT2D eigenvalue weighted by Gasteiger charge is 2.02. The van der Waals surface area contributed by atoms with E-state index in [1.165, 1.54) is 20.9 Å². The van der Waals surface area contributed by atoms with Gasteiger partial charge in [-0.3, -0.25) is 0 Å². The lowest BCUT2D eigenvalue weighted by Crippen LogP contribution is -1.81. The molecule has 0 atom stereocenters. The van der Waals surface area contributed by atoms with Crippen LogP contribution in [-0.2, 0) is 0 Å². The smallest absolute Gasteiger partial charge is 0.0305 e. The average molecular weight is 218 g/mol. The van der Waals surface area contributed by atoms with Gasteiger partial charge >= 0.3 is 0 Å². The van der Waals surface area contributed by atoms with Gasteiger partial charge in [-0.1, -0.05) is 31.7 Å². The van der Waals surface area contributed by atoms with Crippen LogP contribution in [0.1, 0.15) is 30.0 Å². The Kier molecular flexibility index (Phi) is 4.57. The standard InChI is InChI=1S/C14H18S/c1-5-7-8-13(6-2)12(4)14-10-9-11(3)15-14/h5,7-10H,1,6H2,2-4H3/b8-7-,13-12+. The molecule has 1 heterocycles. The van der Waals surface area contributed by atoms with E-state index in [1.54, 1.807) is 0 Å². The van der Waals surface area contributed by atoms with Gasteiger partial charge < -0.3 is 0 Å². The summed E-state index contributed by atoms with van der Waals surface area (Å²) in [5, 5.41) is 0. The Bertz CT molecular complexity index is 391. The van der Waals surface area contributed by atoms with Crippen LogP contribution in [0.2, 0.25) is 0 Å². The largest absolute Gasteiger partial charge is 0.141 e. The zero-order valence-electron chi connectivity index (χ0n) is 9.71. The van der Waals surface area contributed by atoms with Crippen molar-refractivity contribution in [2.24, 2.45) is 0 Å². The quantitative estimate of drug-likeness (QED) is 0.625. The fourth-order valence-electron chi connectivity index (χ4n) is 1.49. The van der Waals surface area contributed by atoms with Crippen molar-refractivity contribution in [3.8, 4) is 0 Å². The number of rotatable bonds is 4. The van der Waals surface area contributed by atoms with Crippen molar-refractivity contribution in [1.29, 1.82) is 0 Å². The second-order valence-electron chi connectivity index (χ2n) is 3.51. The maximum Gasteiger partial charge on any atom is 0.0305 e. The molecule has 0 aliphatic carbocycles. The number of hydrogen-bond acceptors (Lipinski definition) is 1. The maximum atomic E-state index is 3.70. The molecule has 0 saturated heterocycles. The Hall–Kier alpha value is -1.08. The molecule has 1 aromatic heterocycles. The summed E-state index contributed by atoms with van der Waals surface area (Å²) >= 11 is 1.86. The minimum atomic E-state index is 1.06. The third kappa shape index (κ3) is 3.21. The first-order valence-corrected chi connectivity index (χ1v) is 6.06. The van der Waals surface area contributed by atoms with E-state index in [0.29, 0.717) is 0 Å². The number of allylic oxidation sites excluding steroid dienone is 5. The van der Waals surface area contributed by atoms with Gasteiger partial charge in [0.15, 0.2) is 0 Å². The van der Waals surface area contributed by atoms with Crippen LogP contribution >= 0.6 is 11.3 Å². The van der Waals surface area contributed by atoms with Crippen LogP contribution in [-0.4, -0.2) is 0 Å². The number of hydrogen-bond donors (Lipinski definition) is 0. The molecule has 0 fully saturated rings. The first kappa shape index (κ1) is 12.0. The van der Waals surface area contributed by atoms with Crippen molar-refractivity contribution in [3.63, 3.8) is 0 Å². The highest BCUT2D eigenvalue weighted by Crippen LogP contribution is 2.27. The molecule has 0 aliphatic rings. The van der Waals surface area contributed by atoms with Crippen LogP contribution in [0.25, 0.3) is 5.57 Å². The topological polar surface area (TPSA) is 0 Å². The Balaban J connectivity index is 3.05. The minimum Gasteiger partial charge on any atom is -0.141 e. The van der Waals surface area contributed by atoms with Gasteiger partial charge in [0.05, 0.1) is 0 Å². The van der Waals surface area contributed by atoms with E-state index in [1.807, 2.05) is 23.5 Å². The summed E-state index contributed by atoms with van der Waals surface area (Å²) in [6, 6.07) is 4.38. The van der Waals surface area contributed by atoms with Crippen molar-refractivity contribution in [2.45, 2.75) is 27.2 Å². The highest BCUT2D eigenvalue weighted by molar-refractivity contribution is 7.13. The van der Waals surface area contributed by atoms with Crippen molar-refractivity contribution >= 4 is 16.9 Å². The first-order chi connectivity index (χ1) is 7.19. The van der Waals surface area contributed by atoms with Crippen molar-refractivity contribution in [1.82, 2.24) is 0 Å².